The molecule has 1 fully saturated rings. The Hall–Kier alpha value is -4.00. The molecular formula is C27H27N5O2. The van der Waals surface area contributed by atoms with E-state index >= 15 is 0 Å². The van der Waals surface area contributed by atoms with E-state index in [1.807, 2.05) is 64.2 Å². The Morgan fingerprint density at radius 3 is 2.35 bits per heavy atom. The van der Waals surface area contributed by atoms with Crippen LogP contribution in [0.5, 0.6) is 0 Å². The number of amides is 2. The quantitative estimate of drug-likeness (QED) is 0.497. The summed E-state index contributed by atoms with van der Waals surface area (Å²) in [7, 11) is 0. The van der Waals surface area contributed by atoms with Crippen molar-refractivity contribution in [2.24, 2.45) is 0 Å². The van der Waals surface area contributed by atoms with Gasteiger partial charge in [-0.15, -0.1) is 0 Å². The maximum absolute atomic E-state index is 13.7. The number of nitrogens with one attached hydrogen (secondary N) is 1. The first-order valence-corrected chi connectivity index (χ1v) is 11.6. The third-order valence-electron chi connectivity index (χ3n) is 6.27. The summed E-state index contributed by atoms with van der Waals surface area (Å²) in [4.78, 5) is 31.8. The molecule has 0 aliphatic carbocycles. The van der Waals surface area contributed by atoms with Gasteiger partial charge in [0.2, 0.25) is 5.91 Å². The van der Waals surface area contributed by atoms with E-state index in [-0.39, 0.29) is 17.9 Å². The second-order valence-electron chi connectivity index (χ2n) is 8.71. The van der Waals surface area contributed by atoms with E-state index in [1.165, 1.54) is 6.92 Å². The lowest BCUT2D eigenvalue weighted by Crippen LogP contribution is -2.46. The lowest BCUT2D eigenvalue weighted by atomic mass is 10.0. The van der Waals surface area contributed by atoms with Crippen molar-refractivity contribution in [3.8, 4) is 11.3 Å². The Morgan fingerprint density at radius 2 is 1.68 bits per heavy atom. The van der Waals surface area contributed by atoms with Crippen LogP contribution in [0, 0.1) is 0 Å². The minimum atomic E-state index is -0.0287. The van der Waals surface area contributed by atoms with Crippen molar-refractivity contribution in [1.82, 2.24) is 25.0 Å². The standard InChI is InChI=1S/C27H27N5O2/c1-19(33)29-22-12-14-31(15-13-22)27(34)23-16-25(21-10-6-3-7-11-21)30-26-24(23)17-28-32(26)18-20-8-4-2-5-9-20/h2-11,16-17,22H,12-15,18H2,1H3,(H,29,33). The van der Waals surface area contributed by atoms with Gasteiger partial charge in [0.15, 0.2) is 5.65 Å². The molecule has 1 aliphatic rings. The van der Waals surface area contributed by atoms with Crippen molar-refractivity contribution in [2.75, 3.05) is 13.1 Å². The number of hydrogen-bond acceptors (Lipinski definition) is 4. The molecule has 0 bridgehead atoms. The van der Waals surface area contributed by atoms with Crippen LogP contribution in [0.2, 0.25) is 0 Å². The fraction of sp³-hybridized carbons (Fsp3) is 0.259. The van der Waals surface area contributed by atoms with Crippen LogP contribution in [-0.2, 0) is 11.3 Å². The van der Waals surface area contributed by atoms with Crippen LogP contribution in [0.25, 0.3) is 22.3 Å². The van der Waals surface area contributed by atoms with E-state index < -0.39 is 0 Å². The normalized spacial score (nSPS) is 14.3. The van der Waals surface area contributed by atoms with Crippen LogP contribution >= 0.6 is 0 Å². The van der Waals surface area contributed by atoms with Crippen LogP contribution in [0.3, 0.4) is 0 Å². The van der Waals surface area contributed by atoms with Crippen LogP contribution < -0.4 is 5.32 Å². The van der Waals surface area contributed by atoms with E-state index in [2.05, 4.69) is 22.5 Å². The van der Waals surface area contributed by atoms with E-state index in [1.54, 1.807) is 6.20 Å². The average molecular weight is 454 g/mol. The molecule has 0 radical (unpaired) electrons. The molecule has 172 valence electrons. The number of benzene rings is 2. The highest BCUT2D eigenvalue weighted by Gasteiger charge is 2.26. The van der Waals surface area contributed by atoms with Gasteiger partial charge in [-0.2, -0.15) is 5.10 Å². The lowest BCUT2D eigenvalue weighted by molar-refractivity contribution is -0.119. The minimum absolute atomic E-state index is 0.0230. The number of carbonyl (C=O) groups is 2. The zero-order chi connectivity index (χ0) is 23.5. The molecule has 0 saturated carbocycles. The molecule has 1 saturated heterocycles. The highest BCUT2D eigenvalue weighted by molar-refractivity contribution is 6.06. The molecule has 7 nitrogen and oxygen atoms in total. The molecule has 1 aliphatic heterocycles. The predicted octanol–water partition coefficient (Wildman–Crippen LogP) is 3.89. The zero-order valence-electron chi connectivity index (χ0n) is 19.1. The summed E-state index contributed by atoms with van der Waals surface area (Å²) < 4.78 is 1.86. The van der Waals surface area contributed by atoms with E-state index in [4.69, 9.17) is 4.98 Å². The van der Waals surface area contributed by atoms with Gasteiger partial charge in [0, 0.05) is 31.6 Å². The van der Waals surface area contributed by atoms with Gasteiger partial charge in [-0.05, 0) is 24.5 Å². The van der Waals surface area contributed by atoms with E-state index in [0.717, 1.165) is 35.0 Å². The second kappa shape index (κ2) is 9.47. The fourth-order valence-corrected chi connectivity index (χ4v) is 4.54. The zero-order valence-corrected chi connectivity index (χ0v) is 19.1. The molecule has 5 rings (SSSR count). The Bertz CT molecular complexity index is 1310. The van der Waals surface area contributed by atoms with Crippen molar-refractivity contribution in [2.45, 2.75) is 32.4 Å². The van der Waals surface area contributed by atoms with Crippen LogP contribution in [0.15, 0.2) is 72.9 Å². The minimum Gasteiger partial charge on any atom is -0.353 e. The van der Waals surface area contributed by atoms with Gasteiger partial charge in [0.1, 0.15) is 0 Å². The first-order valence-electron chi connectivity index (χ1n) is 11.6. The first kappa shape index (κ1) is 21.8. The largest absolute Gasteiger partial charge is 0.353 e. The second-order valence-corrected chi connectivity index (χ2v) is 8.71. The summed E-state index contributed by atoms with van der Waals surface area (Å²) in [5.41, 5.74) is 4.13. The number of aromatic nitrogens is 3. The Labute approximate surface area is 198 Å². The van der Waals surface area contributed by atoms with E-state index in [9.17, 15) is 9.59 Å². The number of pyridine rings is 1. The van der Waals surface area contributed by atoms with E-state index in [0.29, 0.717) is 30.8 Å². The summed E-state index contributed by atoms with van der Waals surface area (Å²) >= 11 is 0. The SMILES string of the molecule is CC(=O)NC1CCN(C(=O)c2cc(-c3ccccc3)nc3c2cnn3Cc2ccccc2)CC1. The molecule has 0 atom stereocenters. The average Bonchev–Trinajstić information content (AvgIpc) is 3.27. The molecule has 2 amide bonds. The number of fused-ring (bicyclic) bond motifs is 1. The highest BCUT2D eigenvalue weighted by atomic mass is 16.2. The van der Waals surface area contributed by atoms with Crippen LogP contribution in [0.1, 0.15) is 35.7 Å². The Kier molecular flexibility index (Phi) is 6.08. The van der Waals surface area contributed by atoms with Gasteiger partial charge in [-0.25, -0.2) is 9.67 Å². The number of carbonyl (C=O) groups excluding carboxylic acids is 2. The van der Waals surface area contributed by atoms with Gasteiger partial charge in [0.05, 0.1) is 29.4 Å². The number of likely N-dealkylation sites (tertiary alicyclic amines) is 1. The van der Waals surface area contributed by atoms with Gasteiger partial charge in [-0.3, -0.25) is 9.59 Å². The van der Waals surface area contributed by atoms with Gasteiger partial charge >= 0.3 is 0 Å². The first-order chi connectivity index (χ1) is 16.6. The summed E-state index contributed by atoms with van der Waals surface area (Å²) in [5.74, 6) is -0.0518. The molecule has 2 aromatic heterocycles. The van der Waals surface area contributed by atoms with Gasteiger partial charge in [0.25, 0.3) is 5.91 Å². The topological polar surface area (TPSA) is 80.1 Å². The monoisotopic (exact) mass is 453 g/mol. The number of rotatable bonds is 5. The molecule has 2 aromatic carbocycles. The van der Waals surface area contributed by atoms with Crippen molar-refractivity contribution in [1.29, 1.82) is 0 Å². The van der Waals surface area contributed by atoms with Crippen LogP contribution in [0.4, 0.5) is 0 Å². The van der Waals surface area contributed by atoms with Crippen molar-refractivity contribution < 1.29 is 9.59 Å². The van der Waals surface area contributed by atoms with Gasteiger partial charge in [-0.1, -0.05) is 60.7 Å². The molecule has 34 heavy (non-hydrogen) atoms. The molecule has 1 N–H and O–H groups in total. The third kappa shape index (κ3) is 4.55. The predicted molar refractivity (Wildman–Crippen MR) is 131 cm³/mol. The lowest BCUT2D eigenvalue weighted by Gasteiger charge is -2.32. The maximum atomic E-state index is 13.7. The van der Waals surface area contributed by atoms with Crippen molar-refractivity contribution >= 4 is 22.8 Å². The molecule has 7 heteroatoms. The highest BCUT2D eigenvalue weighted by Crippen LogP contribution is 2.27. The van der Waals surface area contributed by atoms with Crippen molar-refractivity contribution in [3.05, 3.63) is 84.1 Å². The summed E-state index contributed by atoms with van der Waals surface area (Å²) in [5, 5.41) is 8.32. The molecule has 0 unspecified atom stereocenters. The summed E-state index contributed by atoms with van der Waals surface area (Å²) in [6.45, 7) is 3.31. The Balaban J connectivity index is 1.51. The fourth-order valence-electron chi connectivity index (χ4n) is 4.54. The summed E-state index contributed by atoms with van der Waals surface area (Å²) in [6, 6.07) is 22.0. The molecule has 0 spiro atoms. The molecular weight excluding hydrogens is 426 g/mol. The van der Waals surface area contributed by atoms with Crippen LogP contribution in [-0.4, -0.2) is 50.6 Å². The Morgan fingerprint density at radius 1 is 1.00 bits per heavy atom. The number of hydrogen-bond donors (Lipinski definition) is 1. The number of piperidine rings is 1. The van der Waals surface area contributed by atoms with Gasteiger partial charge < -0.3 is 10.2 Å². The molecule has 4 aromatic rings. The summed E-state index contributed by atoms with van der Waals surface area (Å²) in [6.07, 6.45) is 3.24. The molecule has 3 heterocycles. The number of nitrogens with zero attached hydrogens (tertiary/aromatic N) is 4. The van der Waals surface area contributed by atoms with Crippen molar-refractivity contribution in [3.63, 3.8) is 0 Å². The third-order valence-corrected chi connectivity index (χ3v) is 6.27. The smallest absolute Gasteiger partial charge is 0.254 e. The maximum Gasteiger partial charge on any atom is 0.254 e.